The third-order valence-electron chi connectivity index (χ3n) is 5.41. The van der Waals surface area contributed by atoms with Crippen molar-refractivity contribution in [3.05, 3.63) is 20.8 Å². The smallest absolute Gasteiger partial charge is 0.358 e. The Balaban J connectivity index is 1.61. The van der Waals surface area contributed by atoms with Gasteiger partial charge in [0, 0.05) is 6.04 Å². The normalized spacial score (nSPS) is 27.2. The lowest BCUT2D eigenvalue weighted by Gasteiger charge is -2.28. The average molecular weight is 341 g/mol. The highest BCUT2D eigenvalue weighted by Gasteiger charge is 2.42. The van der Waals surface area contributed by atoms with Gasteiger partial charge >= 0.3 is 5.82 Å². The Hall–Kier alpha value is -1.63. The molecule has 3 rings (SSSR count). The van der Waals surface area contributed by atoms with E-state index in [-0.39, 0.29) is 23.5 Å². The second kappa shape index (κ2) is 6.11. The molecule has 0 aliphatic heterocycles. The quantitative estimate of drug-likeness (QED) is 0.659. The molecule has 0 spiro atoms. The van der Waals surface area contributed by atoms with Gasteiger partial charge in [0.1, 0.15) is 6.54 Å². The lowest BCUT2D eigenvalue weighted by atomic mass is 9.84. The molecule has 8 heteroatoms. The number of fused-ring (bicyclic) bond motifs is 2. The first-order chi connectivity index (χ1) is 10.9. The van der Waals surface area contributed by atoms with Gasteiger partial charge in [-0.3, -0.25) is 4.79 Å². The standard InChI is InChI=1S/C15H21ClN4O3/c1-8(12-6-10-3-4-11(12)5-10)17-13(21)7-19-9(2)14(16)15(18-19)20(22)23/h8,10-12H,3-7H2,1-2H3,(H,17,21)/t8-,10+,11-,12+/m0/s1. The van der Waals surface area contributed by atoms with Gasteiger partial charge in [-0.15, -0.1) is 0 Å². The molecule has 2 aliphatic carbocycles. The number of nitrogens with zero attached hydrogens (tertiary/aromatic N) is 3. The Morgan fingerprint density at radius 2 is 2.26 bits per heavy atom. The summed E-state index contributed by atoms with van der Waals surface area (Å²) in [6.45, 7) is 3.62. The van der Waals surface area contributed by atoms with E-state index in [9.17, 15) is 14.9 Å². The Kier molecular flexibility index (Phi) is 4.31. The van der Waals surface area contributed by atoms with Gasteiger partial charge in [0.25, 0.3) is 0 Å². The number of nitrogens with one attached hydrogen (secondary N) is 1. The first-order valence-corrected chi connectivity index (χ1v) is 8.41. The van der Waals surface area contributed by atoms with Crippen molar-refractivity contribution in [2.45, 2.75) is 52.1 Å². The third kappa shape index (κ3) is 3.06. The molecule has 2 saturated carbocycles. The van der Waals surface area contributed by atoms with Crippen LogP contribution in [0.1, 0.15) is 38.3 Å². The van der Waals surface area contributed by atoms with Crippen LogP contribution >= 0.6 is 11.6 Å². The number of hydrogen-bond acceptors (Lipinski definition) is 4. The average Bonchev–Trinajstić information content (AvgIpc) is 3.17. The molecule has 0 saturated heterocycles. The van der Waals surface area contributed by atoms with Crippen LogP contribution in [-0.2, 0) is 11.3 Å². The summed E-state index contributed by atoms with van der Waals surface area (Å²) in [6, 6.07) is 0.124. The van der Waals surface area contributed by atoms with Crippen LogP contribution in [0.5, 0.6) is 0 Å². The van der Waals surface area contributed by atoms with Gasteiger partial charge in [-0.1, -0.05) is 18.0 Å². The molecule has 1 aromatic heterocycles. The van der Waals surface area contributed by atoms with Gasteiger partial charge in [0.05, 0.1) is 10.8 Å². The Labute approximate surface area is 139 Å². The summed E-state index contributed by atoms with van der Waals surface area (Å²) in [7, 11) is 0. The SMILES string of the molecule is Cc1c(Cl)c([N+](=O)[O-])nn1CC(=O)N[C@@H](C)[C@H]1C[C@@H]2CC[C@H]1C2. The van der Waals surface area contributed by atoms with Crippen LogP contribution in [0.3, 0.4) is 0 Å². The predicted octanol–water partition coefficient (Wildman–Crippen LogP) is 2.69. The van der Waals surface area contributed by atoms with E-state index in [2.05, 4.69) is 17.3 Å². The Bertz CT molecular complexity index is 645. The molecule has 23 heavy (non-hydrogen) atoms. The third-order valence-corrected chi connectivity index (χ3v) is 5.85. The molecular formula is C15H21ClN4O3. The molecule has 2 fully saturated rings. The Morgan fingerprint density at radius 1 is 1.52 bits per heavy atom. The minimum absolute atomic E-state index is 0.0102. The number of rotatable bonds is 5. The van der Waals surface area contributed by atoms with Gasteiger partial charge in [-0.25, -0.2) is 0 Å². The second-order valence-corrected chi connectivity index (χ2v) is 7.21. The molecule has 1 aromatic rings. The maximum absolute atomic E-state index is 12.2. The predicted molar refractivity (Wildman–Crippen MR) is 85.2 cm³/mol. The molecule has 4 atom stereocenters. The highest BCUT2D eigenvalue weighted by molar-refractivity contribution is 6.33. The van der Waals surface area contributed by atoms with Gasteiger partial charge in [-0.05, 0) is 55.8 Å². The molecule has 126 valence electrons. The molecule has 0 radical (unpaired) electrons. The maximum atomic E-state index is 12.2. The lowest BCUT2D eigenvalue weighted by Crippen LogP contribution is -2.41. The minimum atomic E-state index is -0.637. The van der Waals surface area contributed by atoms with Crippen molar-refractivity contribution in [2.75, 3.05) is 0 Å². The van der Waals surface area contributed by atoms with Crippen molar-refractivity contribution >= 4 is 23.3 Å². The zero-order chi connectivity index (χ0) is 16.7. The molecule has 2 aliphatic rings. The van der Waals surface area contributed by atoms with E-state index >= 15 is 0 Å². The summed E-state index contributed by atoms with van der Waals surface area (Å²) in [5.41, 5.74) is 0.432. The minimum Gasteiger partial charge on any atom is -0.358 e. The molecule has 0 aromatic carbocycles. The van der Waals surface area contributed by atoms with Crippen molar-refractivity contribution in [2.24, 2.45) is 17.8 Å². The van der Waals surface area contributed by atoms with E-state index in [1.165, 1.54) is 30.4 Å². The van der Waals surface area contributed by atoms with Crippen molar-refractivity contribution in [1.29, 1.82) is 0 Å². The molecule has 1 N–H and O–H groups in total. The van der Waals surface area contributed by atoms with Crippen molar-refractivity contribution in [3.63, 3.8) is 0 Å². The molecule has 1 amide bonds. The topological polar surface area (TPSA) is 90.1 Å². The van der Waals surface area contributed by atoms with Crippen molar-refractivity contribution in [3.8, 4) is 0 Å². The van der Waals surface area contributed by atoms with Crippen LogP contribution in [-0.4, -0.2) is 26.7 Å². The van der Waals surface area contributed by atoms with E-state index in [0.717, 1.165) is 11.8 Å². The zero-order valence-electron chi connectivity index (χ0n) is 13.3. The molecule has 1 heterocycles. The first kappa shape index (κ1) is 16.2. The van der Waals surface area contributed by atoms with Crippen LogP contribution in [0, 0.1) is 34.8 Å². The fourth-order valence-corrected chi connectivity index (χ4v) is 4.43. The fraction of sp³-hybridized carbons (Fsp3) is 0.733. The Morgan fingerprint density at radius 3 is 2.78 bits per heavy atom. The van der Waals surface area contributed by atoms with E-state index < -0.39 is 10.7 Å². The maximum Gasteiger partial charge on any atom is 0.408 e. The summed E-state index contributed by atoms with van der Waals surface area (Å²) < 4.78 is 1.29. The van der Waals surface area contributed by atoms with Crippen LogP contribution < -0.4 is 5.32 Å². The summed E-state index contributed by atoms with van der Waals surface area (Å²) in [6.07, 6.45) is 5.10. The molecular weight excluding hydrogens is 320 g/mol. The first-order valence-electron chi connectivity index (χ1n) is 8.03. The van der Waals surface area contributed by atoms with Crippen molar-refractivity contribution in [1.82, 2.24) is 15.1 Å². The summed E-state index contributed by atoms with van der Waals surface area (Å²) in [5, 5.41) is 17.7. The van der Waals surface area contributed by atoms with E-state index in [4.69, 9.17) is 11.6 Å². The van der Waals surface area contributed by atoms with Crippen LogP contribution in [0.25, 0.3) is 0 Å². The van der Waals surface area contributed by atoms with E-state index in [1.807, 2.05) is 0 Å². The number of carbonyl (C=O) groups is 1. The zero-order valence-corrected chi connectivity index (χ0v) is 14.0. The molecule has 0 unspecified atom stereocenters. The van der Waals surface area contributed by atoms with Gasteiger partial charge in [0.2, 0.25) is 5.91 Å². The van der Waals surface area contributed by atoms with Crippen LogP contribution in [0.4, 0.5) is 5.82 Å². The summed E-state index contributed by atoms with van der Waals surface area (Å²) >= 11 is 5.89. The largest absolute Gasteiger partial charge is 0.408 e. The number of nitro groups is 1. The highest BCUT2D eigenvalue weighted by Crippen LogP contribution is 2.49. The number of hydrogen-bond donors (Lipinski definition) is 1. The van der Waals surface area contributed by atoms with Crippen LogP contribution in [0.2, 0.25) is 5.02 Å². The van der Waals surface area contributed by atoms with E-state index in [0.29, 0.717) is 11.6 Å². The number of amides is 1. The fourth-order valence-electron chi connectivity index (χ4n) is 4.23. The van der Waals surface area contributed by atoms with Gasteiger partial charge in [-0.2, -0.15) is 4.68 Å². The van der Waals surface area contributed by atoms with Gasteiger partial charge < -0.3 is 15.4 Å². The van der Waals surface area contributed by atoms with Crippen molar-refractivity contribution < 1.29 is 9.72 Å². The number of carbonyl (C=O) groups excluding carboxylic acids is 1. The number of aromatic nitrogens is 2. The van der Waals surface area contributed by atoms with E-state index in [1.54, 1.807) is 6.92 Å². The second-order valence-electron chi connectivity index (χ2n) is 6.83. The summed E-state index contributed by atoms with van der Waals surface area (Å²) in [5.74, 6) is 1.53. The summed E-state index contributed by atoms with van der Waals surface area (Å²) in [4.78, 5) is 22.4. The molecule has 2 bridgehead atoms. The molecule has 7 nitrogen and oxygen atoms in total. The van der Waals surface area contributed by atoms with Crippen LogP contribution in [0.15, 0.2) is 0 Å². The highest BCUT2D eigenvalue weighted by atomic mass is 35.5. The lowest BCUT2D eigenvalue weighted by molar-refractivity contribution is -0.389. The number of halogens is 1. The van der Waals surface area contributed by atoms with Gasteiger partial charge in [0.15, 0.2) is 5.02 Å². The monoisotopic (exact) mass is 340 g/mol.